The first-order chi connectivity index (χ1) is 11.6. The third kappa shape index (κ3) is 2.47. The van der Waals surface area contributed by atoms with Crippen LogP contribution < -0.4 is 0 Å². The zero-order valence-corrected chi connectivity index (χ0v) is 14.7. The van der Waals surface area contributed by atoms with Gasteiger partial charge in [0.1, 0.15) is 0 Å². The number of hydrogen-bond donors (Lipinski definition) is 0. The van der Waals surface area contributed by atoms with E-state index >= 15 is 0 Å². The molecule has 0 aliphatic heterocycles. The fraction of sp³-hybridized carbons (Fsp3) is 0.250. The lowest BCUT2D eigenvalue weighted by molar-refractivity contribution is 0.573. The van der Waals surface area contributed by atoms with Crippen LogP contribution in [0.5, 0.6) is 0 Å². The third-order valence-electron chi connectivity index (χ3n) is 5.62. The predicted octanol–water partition coefficient (Wildman–Crippen LogP) is 6.34. The summed E-state index contributed by atoms with van der Waals surface area (Å²) >= 11 is 0. The van der Waals surface area contributed by atoms with Crippen molar-refractivity contribution in [2.24, 2.45) is 0 Å². The lowest BCUT2D eigenvalue weighted by Gasteiger charge is -2.25. The second kappa shape index (κ2) is 5.94. The van der Waals surface area contributed by atoms with Gasteiger partial charge in [0.05, 0.1) is 0 Å². The number of fused-ring (bicyclic) bond motifs is 1. The number of hydrogen-bond acceptors (Lipinski definition) is 0. The van der Waals surface area contributed by atoms with Gasteiger partial charge in [-0.25, -0.2) is 0 Å². The van der Waals surface area contributed by atoms with E-state index in [9.17, 15) is 0 Å². The molecule has 0 saturated heterocycles. The third-order valence-corrected chi connectivity index (χ3v) is 5.62. The van der Waals surface area contributed by atoms with Gasteiger partial charge in [0.15, 0.2) is 0 Å². The minimum Gasteiger partial charge on any atom is -0.0620 e. The van der Waals surface area contributed by atoms with Crippen LogP contribution in [-0.4, -0.2) is 0 Å². The molecule has 120 valence electrons. The second-order valence-corrected chi connectivity index (χ2v) is 7.24. The van der Waals surface area contributed by atoms with Crippen molar-refractivity contribution in [2.75, 3.05) is 0 Å². The Labute approximate surface area is 145 Å². The molecular formula is C24H24. The molecule has 0 radical (unpaired) electrons. The minimum atomic E-state index is 0.444. The summed E-state index contributed by atoms with van der Waals surface area (Å²) in [5.74, 6) is 1.49. The lowest BCUT2D eigenvalue weighted by atomic mass is 9.78. The second-order valence-electron chi connectivity index (χ2n) is 7.24. The van der Waals surface area contributed by atoms with E-state index in [0.29, 0.717) is 17.8 Å². The summed E-state index contributed by atoms with van der Waals surface area (Å²) in [7, 11) is 0. The summed E-state index contributed by atoms with van der Waals surface area (Å²) in [6.45, 7) is 6.71. The lowest BCUT2D eigenvalue weighted by Crippen LogP contribution is -2.10. The van der Waals surface area contributed by atoms with Gasteiger partial charge in [-0.15, -0.1) is 0 Å². The highest BCUT2D eigenvalue weighted by Crippen LogP contribution is 2.54. The van der Waals surface area contributed by atoms with Crippen molar-refractivity contribution in [3.8, 4) is 0 Å². The van der Waals surface area contributed by atoms with Crippen molar-refractivity contribution < 1.29 is 0 Å². The van der Waals surface area contributed by atoms with E-state index in [-0.39, 0.29) is 0 Å². The zero-order chi connectivity index (χ0) is 16.7. The van der Waals surface area contributed by atoms with E-state index in [2.05, 4.69) is 93.6 Å². The van der Waals surface area contributed by atoms with Crippen LogP contribution in [-0.2, 0) is 0 Å². The van der Waals surface area contributed by atoms with Crippen LogP contribution >= 0.6 is 0 Å². The highest BCUT2D eigenvalue weighted by atomic mass is 14.4. The smallest absolute Gasteiger partial charge is 0.0167 e. The van der Waals surface area contributed by atoms with Crippen molar-refractivity contribution in [3.05, 3.63) is 106 Å². The van der Waals surface area contributed by atoms with Crippen molar-refractivity contribution in [1.82, 2.24) is 0 Å². The molecule has 0 aromatic heterocycles. The Morgan fingerprint density at radius 1 is 0.583 bits per heavy atom. The first-order valence-corrected chi connectivity index (χ1v) is 8.87. The Hall–Kier alpha value is -2.34. The summed E-state index contributed by atoms with van der Waals surface area (Å²) in [5.41, 5.74) is 8.55. The summed E-state index contributed by atoms with van der Waals surface area (Å²) in [4.78, 5) is 0. The molecule has 0 heterocycles. The van der Waals surface area contributed by atoms with Gasteiger partial charge in [0.2, 0.25) is 0 Å². The van der Waals surface area contributed by atoms with Crippen LogP contribution in [0.3, 0.4) is 0 Å². The van der Waals surface area contributed by atoms with Gasteiger partial charge in [0.25, 0.3) is 0 Å². The Bertz CT molecular complexity index is 840. The maximum atomic E-state index is 2.39. The fourth-order valence-corrected chi connectivity index (χ4v) is 4.31. The quantitative estimate of drug-likeness (QED) is 0.518. The average Bonchev–Trinajstić information content (AvgIpc) is 2.90. The molecule has 0 nitrogen and oxygen atoms in total. The van der Waals surface area contributed by atoms with Crippen LogP contribution in [0.2, 0.25) is 0 Å². The SMILES string of the molecule is Cc1ccc(C2c3ccccc3C(C)C2c2ccc(C)cc2)cc1. The molecule has 3 atom stereocenters. The molecule has 0 heteroatoms. The summed E-state index contributed by atoms with van der Waals surface area (Å²) in [6, 6.07) is 27.3. The van der Waals surface area contributed by atoms with Crippen LogP contribution in [0.15, 0.2) is 72.8 Å². The average molecular weight is 312 g/mol. The maximum Gasteiger partial charge on any atom is 0.0167 e. The van der Waals surface area contributed by atoms with Gasteiger partial charge < -0.3 is 0 Å². The molecular weight excluding hydrogens is 288 g/mol. The molecule has 1 aliphatic carbocycles. The van der Waals surface area contributed by atoms with Crippen LogP contribution in [0.4, 0.5) is 0 Å². The minimum absolute atomic E-state index is 0.444. The molecule has 3 aromatic carbocycles. The standard InChI is InChI=1S/C24H24/c1-16-8-12-19(13-9-16)23-18(3)21-6-4-5-7-22(21)24(23)20-14-10-17(2)11-15-20/h4-15,18,23-24H,1-3H3. The van der Waals surface area contributed by atoms with Gasteiger partial charge in [-0.1, -0.05) is 90.8 Å². The maximum absolute atomic E-state index is 2.39. The van der Waals surface area contributed by atoms with Gasteiger partial charge in [-0.05, 0) is 42.0 Å². The Morgan fingerprint density at radius 2 is 1.08 bits per heavy atom. The molecule has 0 bridgehead atoms. The number of aryl methyl sites for hydroxylation is 2. The molecule has 0 fully saturated rings. The Kier molecular flexibility index (Phi) is 3.76. The summed E-state index contributed by atoms with van der Waals surface area (Å²) in [6.07, 6.45) is 0. The summed E-state index contributed by atoms with van der Waals surface area (Å²) in [5, 5.41) is 0. The van der Waals surface area contributed by atoms with Crippen molar-refractivity contribution in [3.63, 3.8) is 0 Å². The highest BCUT2D eigenvalue weighted by Gasteiger charge is 2.39. The molecule has 24 heavy (non-hydrogen) atoms. The van der Waals surface area contributed by atoms with Crippen molar-refractivity contribution in [1.29, 1.82) is 0 Å². The normalized spacial score (nSPS) is 22.4. The molecule has 0 spiro atoms. The van der Waals surface area contributed by atoms with Crippen LogP contribution in [0.1, 0.15) is 58.1 Å². The van der Waals surface area contributed by atoms with Crippen molar-refractivity contribution in [2.45, 2.75) is 38.5 Å². The van der Waals surface area contributed by atoms with E-state index in [4.69, 9.17) is 0 Å². The first kappa shape index (κ1) is 15.2. The van der Waals surface area contributed by atoms with E-state index in [1.54, 1.807) is 0 Å². The molecule has 0 saturated carbocycles. The monoisotopic (exact) mass is 312 g/mol. The number of rotatable bonds is 2. The van der Waals surface area contributed by atoms with Crippen LogP contribution in [0, 0.1) is 13.8 Å². The Balaban J connectivity index is 1.87. The zero-order valence-electron chi connectivity index (χ0n) is 14.7. The van der Waals surface area contributed by atoms with E-state index < -0.39 is 0 Å². The largest absolute Gasteiger partial charge is 0.0620 e. The van der Waals surface area contributed by atoms with E-state index in [0.717, 1.165) is 0 Å². The van der Waals surface area contributed by atoms with E-state index in [1.807, 2.05) is 0 Å². The topological polar surface area (TPSA) is 0 Å². The van der Waals surface area contributed by atoms with Gasteiger partial charge >= 0.3 is 0 Å². The molecule has 3 aromatic rings. The van der Waals surface area contributed by atoms with Gasteiger partial charge in [-0.3, -0.25) is 0 Å². The highest BCUT2D eigenvalue weighted by molar-refractivity contribution is 5.51. The molecule has 3 unspecified atom stereocenters. The number of benzene rings is 3. The van der Waals surface area contributed by atoms with Gasteiger partial charge in [-0.2, -0.15) is 0 Å². The summed E-state index contributed by atoms with van der Waals surface area (Å²) < 4.78 is 0. The molecule has 0 amide bonds. The fourth-order valence-electron chi connectivity index (χ4n) is 4.31. The van der Waals surface area contributed by atoms with E-state index in [1.165, 1.54) is 33.4 Å². The van der Waals surface area contributed by atoms with Gasteiger partial charge in [0, 0.05) is 11.8 Å². The molecule has 0 N–H and O–H groups in total. The predicted molar refractivity (Wildman–Crippen MR) is 102 cm³/mol. The van der Waals surface area contributed by atoms with Crippen LogP contribution in [0.25, 0.3) is 0 Å². The van der Waals surface area contributed by atoms with Crippen molar-refractivity contribution >= 4 is 0 Å². The first-order valence-electron chi connectivity index (χ1n) is 8.87. The molecule has 4 rings (SSSR count). The molecule has 1 aliphatic rings. The Morgan fingerprint density at radius 3 is 1.67 bits per heavy atom.